The molecule has 0 spiro atoms. The lowest BCUT2D eigenvalue weighted by Crippen LogP contribution is -2.58. The van der Waals surface area contributed by atoms with E-state index in [1.165, 1.54) is 6.42 Å². The number of nitrogens with zero attached hydrogens (tertiary/aromatic N) is 1. The van der Waals surface area contributed by atoms with Crippen molar-refractivity contribution in [2.45, 2.75) is 57.8 Å². The van der Waals surface area contributed by atoms with E-state index < -0.39 is 0 Å². The normalized spacial score (nSPS) is 33.5. The zero-order valence-corrected chi connectivity index (χ0v) is 11.2. The van der Waals surface area contributed by atoms with Gasteiger partial charge in [-0.3, -0.25) is 4.79 Å². The number of hydrogen-bond acceptors (Lipinski definition) is 3. The summed E-state index contributed by atoms with van der Waals surface area (Å²) in [6.45, 7) is 8.54. The number of morpholine rings is 1. The van der Waals surface area contributed by atoms with Crippen molar-refractivity contribution in [1.29, 1.82) is 0 Å². The van der Waals surface area contributed by atoms with E-state index in [0.717, 1.165) is 25.9 Å². The van der Waals surface area contributed by atoms with E-state index in [9.17, 15) is 4.79 Å². The molecule has 2 atom stereocenters. The molecule has 2 heterocycles. The molecule has 1 amide bonds. The lowest BCUT2D eigenvalue weighted by molar-refractivity contribution is -0.160. The molecule has 4 heteroatoms. The van der Waals surface area contributed by atoms with Gasteiger partial charge in [0.25, 0.3) is 0 Å². The van der Waals surface area contributed by atoms with Crippen LogP contribution in [0.3, 0.4) is 0 Å². The quantitative estimate of drug-likeness (QED) is 0.747. The van der Waals surface area contributed by atoms with Gasteiger partial charge >= 0.3 is 0 Å². The van der Waals surface area contributed by atoms with Crippen LogP contribution < -0.4 is 5.32 Å². The zero-order chi connectivity index (χ0) is 12.5. The molecule has 4 nitrogen and oxygen atoms in total. The van der Waals surface area contributed by atoms with Gasteiger partial charge in [-0.25, -0.2) is 0 Å². The van der Waals surface area contributed by atoms with E-state index in [1.807, 2.05) is 11.8 Å². The van der Waals surface area contributed by atoms with Gasteiger partial charge in [0.05, 0.1) is 17.7 Å². The van der Waals surface area contributed by atoms with Crippen LogP contribution in [0.5, 0.6) is 0 Å². The minimum Gasteiger partial charge on any atom is -0.369 e. The summed E-state index contributed by atoms with van der Waals surface area (Å²) in [5.74, 6) is 0.257. The summed E-state index contributed by atoms with van der Waals surface area (Å²) < 4.78 is 5.83. The summed E-state index contributed by atoms with van der Waals surface area (Å²) in [4.78, 5) is 14.4. The number of carbonyl (C=O) groups is 1. The van der Waals surface area contributed by atoms with E-state index in [0.29, 0.717) is 6.54 Å². The standard InChI is InChI=1S/C13H24N2O2/c1-10-8-15(9-13(2,3)17-10)12(16)11-6-4-5-7-14-11/h10-11,14H,4-9H2,1-3H3/t10?,11-/m0/s1. The summed E-state index contributed by atoms with van der Waals surface area (Å²) in [6, 6.07) is 0.0323. The van der Waals surface area contributed by atoms with Gasteiger partial charge < -0.3 is 15.0 Å². The monoisotopic (exact) mass is 240 g/mol. The van der Waals surface area contributed by atoms with Crippen molar-refractivity contribution in [1.82, 2.24) is 10.2 Å². The predicted octanol–water partition coefficient (Wildman–Crippen LogP) is 1.15. The van der Waals surface area contributed by atoms with Gasteiger partial charge in [-0.15, -0.1) is 0 Å². The van der Waals surface area contributed by atoms with Gasteiger partial charge in [0.2, 0.25) is 5.91 Å². The highest BCUT2D eigenvalue weighted by atomic mass is 16.5. The molecule has 1 unspecified atom stereocenters. The molecule has 0 aromatic heterocycles. The number of ether oxygens (including phenoxy) is 1. The summed E-state index contributed by atoms with van der Waals surface area (Å²) in [7, 11) is 0. The molecule has 2 rings (SSSR count). The van der Waals surface area contributed by atoms with Gasteiger partial charge in [0, 0.05) is 13.1 Å². The second-order valence-electron chi connectivity index (χ2n) is 5.91. The fraction of sp³-hybridized carbons (Fsp3) is 0.923. The van der Waals surface area contributed by atoms with E-state index in [1.54, 1.807) is 0 Å². The molecular weight excluding hydrogens is 216 g/mol. The average Bonchev–Trinajstić information content (AvgIpc) is 2.26. The number of carbonyl (C=O) groups excluding carboxylic acids is 1. The Bertz CT molecular complexity index is 285. The summed E-state index contributed by atoms with van der Waals surface area (Å²) in [5.41, 5.74) is -0.220. The molecule has 2 aliphatic heterocycles. The van der Waals surface area contributed by atoms with Crippen LogP contribution in [0.2, 0.25) is 0 Å². The van der Waals surface area contributed by atoms with Crippen molar-refractivity contribution in [2.75, 3.05) is 19.6 Å². The minimum absolute atomic E-state index is 0.0323. The molecule has 98 valence electrons. The van der Waals surface area contributed by atoms with Crippen molar-refractivity contribution < 1.29 is 9.53 Å². The SMILES string of the molecule is CC1CN(C(=O)[C@@H]2CCCCN2)CC(C)(C)O1. The molecule has 1 N–H and O–H groups in total. The Morgan fingerprint density at radius 1 is 1.41 bits per heavy atom. The molecule has 2 saturated heterocycles. The Morgan fingerprint density at radius 3 is 2.76 bits per heavy atom. The smallest absolute Gasteiger partial charge is 0.239 e. The van der Waals surface area contributed by atoms with Crippen LogP contribution in [-0.4, -0.2) is 48.2 Å². The Labute approximate surface area is 104 Å². The summed E-state index contributed by atoms with van der Waals surface area (Å²) >= 11 is 0. The Kier molecular flexibility index (Phi) is 3.73. The summed E-state index contributed by atoms with van der Waals surface area (Å²) in [6.07, 6.45) is 3.46. The van der Waals surface area contributed by atoms with Crippen molar-refractivity contribution >= 4 is 5.91 Å². The minimum atomic E-state index is -0.220. The maximum Gasteiger partial charge on any atom is 0.239 e. The molecule has 0 saturated carbocycles. The van der Waals surface area contributed by atoms with Crippen molar-refractivity contribution in [3.8, 4) is 0 Å². The fourth-order valence-electron chi connectivity index (χ4n) is 2.90. The van der Waals surface area contributed by atoms with Gasteiger partial charge in [0.15, 0.2) is 0 Å². The summed E-state index contributed by atoms with van der Waals surface area (Å²) in [5, 5.41) is 3.33. The van der Waals surface area contributed by atoms with Gasteiger partial charge in [0.1, 0.15) is 0 Å². The van der Waals surface area contributed by atoms with Crippen molar-refractivity contribution in [2.24, 2.45) is 0 Å². The van der Waals surface area contributed by atoms with Crippen LogP contribution >= 0.6 is 0 Å². The van der Waals surface area contributed by atoms with E-state index in [2.05, 4.69) is 19.2 Å². The maximum absolute atomic E-state index is 12.4. The predicted molar refractivity (Wildman–Crippen MR) is 66.8 cm³/mol. The van der Waals surface area contributed by atoms with E-state index in [-0.39, 0.29) is 23.7 Å². The molecular formula is C13H24N2O2. The Morgan fingerprint density at radius 2 is 2.18 bits per heavy atom. The Balaban J connectivity index is 1.98. The molecule has 0 aliphatic carbocycles. The number of amides is 1. The maximum atomic E-state index is 12.4. The first-order valence-corrected chi connectivity index (χ1v) is 6.68. The van der Waals surface area contributed by atoms with Crippen LogP contribution in [0.25, 0.3) is 0 Å². The zero-order valence-electron chi connectivity index (χ0n) is 11.2. The topological polar surface area (TPSA) is 41.6 Å². The first kappa shape index (κ1) is 12.8. The molecule has 17 heavy (non-hydrogen) atoms. The third-order valence-corrected chi connectivity index (χ3v) is 3.49. The number of piperidine rings is 1. The van der Waals surface area contributed by atoms with Gasteiger partial charge in [-0.1, -0.05) is 6.42 Å². The highest BCUT2D eigenvalue weighted by molar-refractivity contribution is 5.82. The van der Waals surface area contributed by atoms with Crippen molar-refractivity contribution in [3.05, 3.63) is 0 Å². The molecule has 0 aromatic carbocycles. The van der Waals surface area contributed by atoms with Crippen LogP contribution in [0, 0.1) is 0 Å². The fourth-order valence-corrected chi connectivity index (χ4v) is 2.90. The number of rotatable bonds is 1. The third-order valence-electron chi connectivity index (χ3n) is 3.49. The number of nitrogens with one attached hydrogen (secondary N) is 1. The molecule has 0 radical (unpaired) electrons. The van der Waals surface area contributed by atoms with Gasteiger partial charge in [-0.05, 0) is 40.2 Å². The van der Waals surface area contributed by atoms with Gasteiger partial charge in [-0.2, -0.15) is 0 Å². The van der Waals surface area contributed by atoms with Crippen molar-refractivity contribution in [3.63, 3.8) is 0 Å². The molecule has 2 fully saturated rings. The molecule has 2 aliphatic rings. The van der Waals surface area contributed by atoms with Crippen LogP contribution in [0.4, 0.5) is 0 Å². The Hall–Kier alpha value is -0.610. The number of hydrogen-bond donors (Lipinski definition) is 1. The average molecular weight is 240 g/mol. The largest absolute Gasteiger partial charge is 0.369 e. The third kappa shape index (κ3) is 3.19. The van der Waals surface area contributed by atoms with E-state index >= 15 is 0 Å². The highest BCUT2D eigenvalue weighted by Crippen LogP contribution is 2.22. The lowest BCUT2D eigenvalue weighted by atomic mass is 10.0. The first-order chi connectivity index (χ1) is 7.98. The second-order valence-corrected chi connectivity index (χ2v) is 5.91. The van der Waals surface area contributed by atoms with Crippen LogP contribution in [-0.2, 0) is 9.53 Å². The molecule has 0 aromatic rings. The first-order valence-electron chi connectivity index (χ1n) is 6.68. The highest BCUT2D eigenvalue weighted by Gasteiger charge is 2.36. The van der Waals surface area contributed by atoms with Crippen LogP contribution in [0.15, 0.2) is 0 Å². The lowest BCUT2D eigenvalue weighted by Gasteiger charge is -2.43. The van der Waals surface area contributed by atoms with Crippen LogP contribution in [0.1, 0.15) is 40.0 Å². The second kappa shape index (κ2) is 4.94. The van der Waals surface area contributed by atoms with E-state index in [4.69, 9.17) is 4.74 Å². The molecule has 0 bridgehead atoms.